The molecule has 0 atom stereocenters. The molecule has 0 fully saturated rings. The summed E-state index contributed by atoms with van der Waals surface area (Å²) in [6.45, 7) is 0.569. The van der Waals surface area contributed by atoms with Crippen LogP contribution in [0.1, 0.15) is 5.56 Å². The number of nitro groups is 1. The first-order valence-corrected chi connectivity index (χ1v) is 7.04. The van der Waals surface area contributed by atoms with Gasteiger partial charge in [0.1, 0.15) is 5.69 Å². The molecule has 2 rings (SSSR count). The van der Waals surface area contributed by atoms with Crippen LogP contribution < -0.4 is 4.90 Å². The van der Waals surface area contributed by atoms with E-state index in [0.717, 1.165) is 5.56 Å². The number of benzene rings is 2. The van der Waals surface area contributed by atoms with Gasteiger partial charge in [0, 0.05) is 29.2 Å². The Hall–Kier alpha value is -1.59. The smallest absolute Gasteiger partial charge is 0.293 e. The van der Waals surface area contributed by atoms with Crippen LogP contribution in [0.5, 0.6) is 0 Å². The lowest BCUT2D eigenvalue weighted by Gasteiger charge is -2.19. The molecular weight excluding hydrogens is 344 g/mol. The van der Waals surface area contributed by atoms with E-state index in [9.17, 15) is 10.1 Å². The number of nitro benzene ring substituents is 1. The van der Waals surface area contributed by atoms with Crippen LogP contribution in [-0.4, -0.2) is 12.0 Å². The third kappa shape index (κ3) is 3.49. The Balaban J connectivity index is 2.27. The van der Waals surface area contributed by atoms with Crippen molar-refractivity contribution in [3.05, 3.63) is 67.6 Å². The summed E-state index contributed by atoms with van der Waals surface area (Å²) >= 11 is 9.09. The number of nitrogens with zero attached hydrogens (tertiary/aromatic N) is 2. The van der Waals surface area contributed by atoms with Crippen LogP contribution in [0.4, 0.5) is 11.4 Å². The Labute approximate surface area is 130 Å². The number of halogens is 2. The van der Waals surface area contributed by atoms with Gasteiger partial charge in [-0.2, -0.15) is 0 Å². The molecule has 2 aromatic rings. The molecule has 0 radical (unpaired) electrons. The number of hydrogen-bond acceptors (Lipinski definition) is 3. The second-order valence-corrected chi connectivity index (χ2v) is 5.72. The molecule has 20 heavy (non-hydrogen) atoms. The Kier molecular flexibility index (Phi) is 4.62. The minimum atomic E-state index is -0.377. The van der Waals surface area contributed by atoms with Crippen molar-refractivity contribution in [2.45, 2.75) is 6.54 Å². The standard InChI is InChI=1S/C14H12BrClN2O2/c1-17(9-10-2-5-12(16)6-3-10)13-7-4-11(15)8-14(13)18(19)20/h2-8H,9H2,1H3. The fourth-order valence-electron chi connectivity index (χ4n) is 1.91. The molecule has 0 saturated heterocycles. The molecule has 0 heterocycles. The monoisotopic (exact) mass is 354 g/mol. The van der Waals surface area contributed by atoms with E-state index in [2.05, 4.69) is 15.9 Å². The van der Waals surface area contributed by atoms with Gasteiger partial charge < -0.3 is 4.90 Å². The van der Waals surface area contributed by atoms with Crippen molar-refractivity contribution >= 4 is 38.9 Å². The van der Waals surface area contributed by atoms with Crippen LogP contribution in [0.2, 0.25) is 5.02 Å². The van der Waals surface area contributed by atoms with Gasteiger partial charge in [0.2, 0.25) is 0 Å². The maximum absolute atomic E-state index is 11.1. The summed E-state index contributed by atoms with van der Waals surface area (Å²) in [5.74, 6) is 0. The number of hydrogen-bond donors (Lipinski definition) is 0. The highest BCUT2D eigenvalue weighted by molar-refractivity contribution is 9.10. The number of anilines is 1. The molecule has 0 saturated carbocycles. The maximum atomic E-state index is 11.1. The molecule has 6 heteroatoms. The van der Waals surface area contributed by atoms with E-state index >= 15 is 0 Å². The fourth-order valence-corrected chi connectivity index (χ4v) is 2.39. The van der Waals surface area contributed by atoms with Crippen molar-refractivity contribution in [1.29, 1.82) is 0 Å². The highest BCUT2D eigenvalue weighted by atomic mass is 79.9. The highest BCUT2D eigenvalue weighted by Crippen LogP contribution is 2.31. The number of rotatable bonds is 4. The molecule has 0 N–H and O–H groups in total. The maximum Gasteiger partial charge on any atom is 0.293 e. The van der Waals surface area contributed by atoms with Crippen molar-refractivity contribution in [1.82, 2.24) is 0 Å². The first-order chi connectivity index (χ1) is 9.47. The highest BCUT2D eigenvalue weighted by Gasteiger charge is 2.17. The summed E-state index contributed by atoms with van der Waals surface area (Å²) in [5.41, 5.74) is 1.69. The zero-order valence-electron chi connectivity index (χ0n) is 10.7. The van der Waals surface area contributed by atoms with E-state index in [0.29, 0.717) is 21.7 Å². The minimum Gasteiger partial charge on any atom is -0.365 e. The molecule has 2 aromatic carbocycles. The first-order valence-electron chi connectivity index (χ1n) is 5.87. The van der Waals surface area contributed by atoms with Gasteiger partial charge in [-0.05, 0) is 29.8 Å². The van der Waals surface area contributed by atoms with E-state index in [1.54, 1.807) is 24.3 Å². The third-order valence-corrected chi connectivity index (χ3v) is 3.62. The predicted molar refractivity (Wildman–Crippen MR) is 84.4 cm³/mol. The van der Waals surface area contributed by atoms with Crippen molar-refractivity contribution in [3.8, 4) is 0 Å². The second kappa shape index (κ2) is 6.24. The molecule has 0 aliphatic carbocycles. The average molecular weight is 356 g/mol. The average Bonchev–Trinajstić information content (AvgIpc) is 2.41. The van der Waals surface area contributed by atoms with Gasteiger partial charge in [0.05, 0.1) is 4.92 Å². The molecule has 104 valence electrons. The van der Waals surface area contributed by atoms with E-state index in [1.165, 1.54) is 6.07 Å². The lowest BCUT2D eigenvalue weighted by molar-refractivity contribution is -0.384. The molecule has 0 bridgehead atoms. The molecule has 4 nitrogen and oxygen atoms in total. The van der Waals surface area contributed by atoms with Gasteiger partial charge in [0.25, 0.3) is 5.69 Å². The van der Waals surface area contributed by atoms with Crippen molar-refractivity contribution in [2.24, 2.45) is 0 Å². The Morgan fingerprint density at radius 1 is 1.25 bits per heavy atom. The van der Waals surface area contributed by atoms with Gasteiger partial charge in [0.15, 0.2) is 0 Å². The Morgan fingerprint density at radius 3 is 2.50 bits per heavy atom. The van der Waals surface area contributed by atoms with Gasteiger partial charge in [-0.1, -0.05) is 39.7 Å². The van der Waals surface area contributed by atoms with Gasteiger partial charge in [-0.25, -0.2) is 0 Å². The normalized spacial score (nSPS) is 10.3. The van der Waals surface area contributed by atoms with Crippen molar-refractivity contribution < 1.29 is 4.92 Å². The molecule has 0 spiro atoms. The molecule has 0 unspecified atom stereocenters. The quantitative estimate of drug-likeness (QED) is 0.592. The largest absolute Gasteiger partial charge is 0.365 e. The topological polar surface area (TPSA) is 46.4 Å². The SMILES string of the molecule is CN(Cc1ccc(Cl)cc1)c1ccc(Br)cc1[N+](=O)[O-]. The summed E-state index contributed by atoms with van der Waals surface area (Å²) in [4.78, 5) is 12.6. The summed E-state index contributed by atoms with van der Waals surface area (Å²) < 4.78 is 0.688. The van der Waals surface area contributed by atoms with E-state index < -0.39 is 0 Å². The molecule has 0 aliphatic rings. The van der Waals surface area contributed by atoms with Gasteiger partial charge >= 0.3 is 0 Å². The van der Waals surface area contributed by atoms with E-state index in [1.807, 2.05) is 24.1 Å². The molecular formula is C14H12BrClN2O2. The summed E-state index contributed by atoms with van der Waals surface area (Å²) in [5, 5.41) is 11.8. The fraction of sp³-hybridized carbons (Fsp3) is 0.143. The van der Waals surface area contributed by atoms with Gasteiger partial charge in [-0.3, -0.25) is 10.1 Å². The predicted octanol–water partition coefficient (Wildman–Crippen LogP) is 4.65. The lowest BCUT2D eigenvalue weighted by atomic mass is 10.2. The Bertz CT molecular complexity index is 632. The van der Waals surface area contributed by atoms with E-state index in [-0.39, 0.29) is 10.6 Å². The van der Waals surface area contributed by atoms with Crippen LogP contribution in [0.15, 0.2) is 46.9 Å². The van der Waals surface area contributed by atoms with Crippen molar-refractivity contribution in [3.63, 3.8) is 0 Å². The third-order valence-electron chi connectivity index (χ3n) is 2.88. The first kappa shape index (κ1) is 14.8. The summed E-state index contributed by atoms with van der Waals surface area (Å²) in [6.07, 6.45) is 0. The van der Waals surface area contributed by atoms with Crippen LogP contribution in [0.3, 0.4) is 0 Å². The molecule has 0 aliphatic heterocycles. The van der Waals surface area contributed by atoms with Gasteiger partial charge in [-0.15, -0.1) is 0 Å². The summed E-state index contributed by atoms with van der Waals surface area (Å²) in [6, 6.07) is 12.5. The lowest BCUT2D eigenvalue weighted by Crippen LogP contribution is -2.17. The van der Waals surface area contributed by atoms with Crippen LogP contribution >= 0.6 is 27.5 Å². The van der Waals surface area contributed by atoms with E-state index in [4.69, 9.17) is 11.6 Å². The molecule has 0 amide bonds. The van der Waals surface area contributed by atoms with Crippen LogP contribution in [0.25, 0.3) is 0 Å². The minimum absolute atomic E-state index is 0.0795. The summed E-state index contributed by atoms with van der Waals surface area (Å²) in [7, 11) is 1.82. The van der Waals surface area contributed by atoms with Crippen LogP contribution in [0, 0.1) is 10.1 Å². The molecule has 0 aromatic heterocycles. The van der Waals surface area contributed by atoms with Crippen molar-refractivity contribution in [2.75, 3.05) is 11.9 Å². The Morgan fingerprint density at radius 2 is 1.90 bits per heavy atom. The van der Waals surface area contributed by atoms with Crippen LogP contribution in [-0.2, 0) is 6.54 Å². The second-order valence-electron chi connectivity index (χ2n) is 4.37. The zero-order chi connectivity index (χ0) is 14.7. The zero-order valence-corrected chi connectivity index (χ0v) is 13.1.